The number of aryl methyl sites for hydroxylation is 1. The summed E-state index contributed by atoms with van der Waals surface area (Å²) in [5.74, 6) is 0. The maximum absolute atomic E-state index is 2.25. The molecule has 2 aromatic carbocycles. The van der Waals surface area contributed by atoms with E-state index in [2.05, 4.69) is 63.2 Å². The van der Waals surface area contributed by atoms with E-state index in [1.54, 1.807) is 0 Å². The lowest BCUT2D eigenvalue weighted by Gasteiger charge is -2.04. The molecule has 0 unspecified atom stereocenters. The van der Waals surface area contributed by atoms with Gasteiger partial charge in [-0.1, -0.05) is 42.0 Å². The van der Waals surface area contributed by atoms with Crippen molar-refractivity contribution in [3.8, 4) is 0 Å². The minimum Gasteiger partial charge on any atom is -0.0841 e. The Balaban J connectivity index is 2.62. The fourth-order valence-electron chi connectivity index (χ4n) is 1.78. The highest BCUT2D eigenvalue weighted by Crippen LogP contribution is 2.21. The molecule has 0 radical (unpaired) electrons. The summed E-state index contributed by atoms with van der Waals surface area (Å²) >= 11 is 0. The van der Waals surface area contributed by atoms with Gasteiger partial charge in [-0.25, -0.2) is 0 Å². The predicted molar refractivity (Wildman–Crippen MR) is 68.0 cm³/mol. The van der Waals surface area contributed by atoms with Crippen LogP contribution in [0.25, 0.3) is 16.3 Å². The van der Waals surface area contributed by atoms with Gasteiger partial charge in [-0.2, -0.15) is 0 Å². The van der Waals surface area contributed by atoms with Crippen LogP contribution in [0.15, 0.2) is 42.5 Å². The van der Waals surface area contributed by atoms with Crippen molar-refractivity contribution in [1.29, 1.82) is 0 Å². The maximum atomic E-state index is 2.25. The molecule has 0 bridgehead atoms. The highest BCUT2D eigenvalue weighted by molar-refractivity contribution is 5.86. The summed E-state index contributed by atoms with van der Waals surface area (Å²) in [6.07, 6.45) is 2.15. The molecule has 0 N–H and O–H groups in total. The zero-order chi connectivity index (χ0) is 10.8. The normalized spacial score (nSPS) is 12.1. The summed E-state index contributed by atoms with van der Waals surface area (Å²) in [5, 5.41) is 2.64. The molecular formula is C15H16. The summed E-state index contributed by atoms with van der Waals surface area (Å²) in [4.78, 5) is 0. The topological polar surface area (TPSA) is 0 Å². The Morgan fingerprint density at radius 2 is 1.67 bits per heavy atom. The second-order valence-corrected chi connectivity index (χ2v) is 4.04. The maximum Gasteiger partial charge on any atom is -0.0178 e. The van der Waals surface area contributed by atoms with E-state index in [0.29, 0.717) is 0 Å². The van der Waals surface area contributed by atoms with E-state index >= 15 is 0 Å². The Kier molecular flexibility index (Phi) is 2.59. The highest BCUT2D eigenvalue weighted by Gasteiger charge is 1.97. The summed E-state index contributed by atoms with van der Waals surface area (Å²) in [7, 11) is 0. The predicted octanol–water partition coefficient (Wildman–Crippen LogP) is 4.57. The second kappa shape index (κ2) is 3.90. The molecule has 0 heterocycles. The van der Waals surface area contributed by atoms with Crippen molar-refractivity contribution in [2.24, 2.45) is 0 Å². The minimum absolute atomic E-state index is 1.31. The van der Waals surface area contributed by atoms with E-state index in [1.807, 2.05) is 0 Å². The van der Waals surface area contributed by atoms with Gasteiger partial charge in [0.25, 0.3) is 0 Å². The third-order valence-corrected chi connectivity index (χ3v) is 2.88. The molecule has 0 saturated heterocycles. The van der Waals surface area contributed by atoms with Crippen LogP contribution in [-0.2, 0) is 0 Å². The van der Waals surface area contributed by atoms with Crippen molar-refractivity contribution in [2.45, 2.75) is 20.8 Å². The molecule has 2 aromatic rings. The van der Waals surface area contributed by atoms with Gasteiger partial charge in [0.05, 0.1) is 0 Å². The molecule has 0 aromatic heterocycles. The van der Waals surface area contributed by atoms with Crippen molar-refractivity contribution >= 4 is 16.3 Å². The fraction of sp³-hybridized carbons (Fsp3) is 0.200. The Morgan fingerprint density at radius 1 is 1.00 bits per heavy atom. The largest absolute Gasteiger partial charge is 0.0841 e. The molecule has 76 valence electrons. The van der Waals surface area contributed by atoms with Gasteiger partial charge in [0.2, 0.25) is 0 Å². The first-order chi connectivity index (χ1) is 7.20. The zero-order valence-electron chi connectivity index (χ0n) is 9.54. The highest BCUT2D eigenvalue weighted by atomic mass is 14.0. The molecule has 0 aliphatic carbocycles. The Bertz CT molecular complexity index is 519. The number of benzene rings is 2. The molecule has 0 aliphatic rings. The Morgan fingerprint density at radius 3 is 2.40 bits per heavy atom. The molecule has 0 saturated carbocycles. The average Bonchev–Trinajstić information content (AvgIpc) is 2.27. The Hall–Kier alpha value is -1.56. The number of allylic oxidation sites excluding steroid dienone is 2. The number of hydrogen-bond acceptors (Lipinski definition) is 0. The van der Waals surface area contributed by atoms with Crippen LogP contribution < -0.4 is 0 Å². The van der Waals surface area contributed by atoms with Gasteiger partial charge in [-0.05, 0) is 48.7 Å². The van der Waals surface area contributed by atoms with Crippen LogP contribution in [0.1, 0.15) is 25.0 Å². The van der Waals surface area contributed by atoms with E-state index < -0.39 is 0 Å². The summed E-state index contributed by atoms with van der Waals surface area (Å²) < 4.78 is 0. The van der Waals surface area contributed by atoms with Crippen LogP contribution in [0.2, 0.25) is 0 Å². The van der Waals surface area contributed by atoms with Gasteiger partial charge in [0.15, 0.2) is 0 Å². The first-order valence-corrected chi connectivity index (χ1v) is 5.34. The zero-order valence-corrected chi connectivity index (χ0v) is 9.54. The first-order valence-electron chi connectivity index (χ1n) is 5.34. The molecule has 2 rings (SSSR count). The quantitative estimate of drug-likeness (QED) is 0.626. The van der Waals surface area contributed by atoms with Crippen LogP contribution in [0.4, 0.5) is 0 Å². The monoisotopic (exact) mass is 196 g/mol. The number of fused-ring (bicyclic) bond motifs is 1. The molecule has 0 fully saturated rings. The van der Waals surface area contributed by atoms with Crippen molar-refractivity contribution in [3.05, 3.63) is 53.6 Å². The van der Waals surface area contributed by atoms with Gasteiger partial charge >= 0.3 is 0 Å². The standard InChI is InChI=1S/C15H16/c1-4-12(3)13-7-8-14-9-11(2)5-6-15(14)10-13/h4-10H,1-3H3/b12-4+. The van der Waals surface area contributed by atoms with Gasteiger partial charge in [-0.3, -0.25) is 0 Å². The van der Waals surface area contributed by atoms with E-state index in [0.717, 1.165) is 0 Å². The lowest BCUT2D eigenvalue weighted by Crippen LogP contribution is -1.81. The average molecular weight is 196 g/mol. The van der Waals surface area contributed by atoms with Crippen LogP contribution >= 0.6 is 0 Å². The summed E-state index contributed by atoms with van der Waals surface area (Å²) in [6.45, 7) is 6.36. The van der Waals surface area contributed by atoms with Crippen molar-refractivity contribution in [2.75, 3.05) is 0 Å². The molecule has 0 atom stereocenters. The summed E-state index contributed by atoms with van der Waals surface area (Å²) in [6, 6.07) is 13.2. The number of rotatable bonds is 1. The second-order valence-electron chi connectivity index (χ2n) is 4.04. The van der Waals surface area contributed by atoms with E-state index in [1.165, 1.54) is 27.5 Å². The van der Waals surface area contributed by atoms with E-state index in [4.69, 9.17) is 0 Å². The van der Waals surface area contributed by atoms with Crippen LogP contribution in [-0.4, -0.2) is 0 Å². The molecular weight excluding hydrogens is 180 g/mol. The third-order valence-electron chi connectivity index (χ3n) is 2.88. The van der Waals surface area contributed by atoms with Gasteiger partial charge < -0.3 is 0 Å². The van der Waals surface area contributed by atoms with Gasteiger partial charge in [0, 0.05) is 0 Å². The molecule has 15 heavy (non-hydrogen) atoms. The smallest absolute Gasteiger partial charge is 0.0178 e. The minimum atomic E-state index is 1.31. The SMILES string of the molecule is C/C=C(\C)c1ccc2cc(C)ccc2c1. The lowest BCUT2D eigenvalue weighted by molar-refractivity contribution is 1.50. The van der Waals surface area contributed by atoms with Crippen molar-refractivity contribution in [1.82, 2.24) is 0 Å². The van der Waals surface area contributed by atoms with Crippen molar-refractivity contribution in [3.63, 3.8) is 0 Å². The lowest BCUT2D eigenvalue weighted by atomic mass is 10.0. The van der Waals surface area contributed by atoms with Crippen LogP contribution in [0.5, 0.6) is 0 Å². The molecule has 0 amide bonds. The van der Waals surface area contributed by atoms with Gasteiger partial charge in [0.1, 0.15) is 0 Å². The van der Waals surface area contributed by atoms with Crippen molar-refractivity contribution < 1.29 is 0 Å². The van der Waals surface area contributed by atoms with E-state index in [-0.39, 0.29) is 0 Å². The number of hydrogen-bond donors (Lipinski definition) is 0. The molecule has 0 spiro atoms. The third kappa shape index (κ3) is 1.94. The molecule has 0 heteroatoms. The molecule has 0 aliphatic heterocycles. The Labute approximate surface area is 91.2 Å². The first kappa shape index (κ1) is 9.97. The van der Waals surface area contributed by atoms with Crippen LogP contribution in [0.3, 0.4) is 0 Å². The van der Waals surface area contributed by atoms with Gasteiger partial charge in [-0.15, -0.1) is 0 Å². The summed E-state index contributed by atoms with van der Waals surface area (Å²) in [5.41, 5.74) is 3.96. The van der Waals surface area contributed by atoms with E-state index in [9.17, 15) is 0 Å². The molecule has 0 nitrogen and oxygen atoms in total. The fourth-order valence-corrected chi connectivity index (χ4v) is 1.78. The van der Waals surface area contributed by atoms with Crippen LogP contribution in [0, 0.1) is 6.92 Å².